The van der Waals surface area contributed by atoms with Crippen molar-refractivity contribution in [2.75, 3.05) is 5.32 Å². The number of hydrogen-bond donors (Lipinski definition) is 1. The lowest BCUT2D eigenvalue weighted by atomic mass is 10.3. The molecule has 1 amide bonds. The van der Waals surface area contributed by atoms with E-state index in [0.29, 0.717) is 11.4 Å². The maximum absolute atomic E-state index is 11.6. The van der Waals surface area contributed by atoms with Crippen molar-refractivity contribution in [3.63, 3.8) is 0 Å². The molecule has 2 rings (SSSR count). The zero-order valence-electron chi connectivity index (χ0n) is 7.65. The maximum atomic E-state index is 11.6. The number of nitrogens with one attached hydrogen (secondary N) is 1. The van der Waals surface area contributed by atoms with E-state index in [0.717, 1.165) is 2.88 Å². The molecular weight excluding hydrogens is 329 g/mol. The molecule has 2 heterocycles. The van der Waals surface area contributed by atoms with Gasteiger partial charge in [0.25, 0.3) is 5.91 Å². The Morgan fingerprint density at radius 1 is 1.67 bits per heavy atom. The monoisotopic (exact) mass is 335 g/mol. The fraction of sp³-hybridized carbons (Fsp3) is 0.125. The fourth-order valence-electron chi connectivity index (χ4n) is 0.946. The summed E-state index contributed by atoms with van der Waals surface area (Å²) in [6.45, 7) is 1.69. The van der Waals surface area contributed by atoms with Crippen molar-refractivity contribution in [2.24, 2.45) is 0 Å². The van der Waals surface area contributed by atoms with Crippen LogP contribution in [0.25, 0.3) is 0 Å². The highest BCUT2D eigenvalue weighted by Crippen LogP contribution is 2.17. The zero-order valence-corrected chi connectivity index (χ0v) is 10.6. The van der Waals surface area contributed by atoms with Gasteiger partial charge in [-0.3, -0.25) is 10.1 Å². The molecule has 0 aromatic carbocycles. The Balaban J connectivity index is 2.10. The number of halogens is 1. The van der Waals surface area contributed by atoms with Crippen LogP contribution in [0.4, 0.5) is 6.01 Å². The largest absolute Gasteiger partial charge is 0.328 e. The molecule has 2 aromatic heterocycles. The van der Waals surface area contributed by atoms with Crippen LogP contribution in [0.5, 0.6) is 0 Å². The van der Waals surface area contributed by atoms with Gasteiger partial charge in [-0.1, -0.05) is 5.16 Å². The average molecular weight is 335 g/mol. The zero-order chi connectivity index (χ0) is 10.8. The molecule has 0 unspecified atom stereocenters. The Kier molecular flexibility index (Phi) is 3.00. The molecule has 5 nitrogen and oxygen atoms in total. The van der Waals surface area contributed by atoms with Crippen LogP contribution in [-0.4, -0.2) is 16.0 Å². The van der Waals surface area contributed by atoms with E-state index in [9.17, 15) is 4.79 Å². The summed E-state index contributed by atoms with van der Waals surface area (Å²) in [7, 11) is 0. The van der Waals surface area contributed by atoms with E-state index < -0.39 is 0 Å². The predicted octanol–water partition coefficient (Wildman–Crippen LogP) is 2.30. The van der Waals surface area contributed by atoms with Crippen LogP contribution in [0.2, 0.25) is 0 Å². The first-order chi connectivity index (χ1) is 7.15. The minimum Gasteiger partial charge on any atom is -0.315 e. The van der Waals surface area contributed by atoms with Gasteiger partial charge in [-0.05, 0) is 35.6 Å². The Morgan fingerprint density at radius 3 is 3.00 bits per heavy atom. The molecular formula is C8H6IN3O2S. The van der Waals surface area contributed by atoms with Gasteiger partial charge in [-0.15, -0.1) is 11.3 Å². The lowest BCUT2D eigenvalue weighted by Crippen LogP contribution is -2.10. The van der Waals surface area contributed by atoms with E-state index in [2.05, 4.69) is 38.0 Å². The molecule has 0 aliphatic carbocycles. The van der Waals surface area contributed by atoms with E-state index in [1.807, 2.05) is 0 Å². The van der Waals surface area contributed by atoms with Crippen molar-refractivity contribution in [2.45, 2.75) is 6.92 Å². The molecule has 0 aliphatic heterocycles. The van der Waals surface area contributed by atoms with E-state index in [-0.39, 0.29) is 11.9 Å². The summed E-state index contributed by atoms with van der Waals surface area (Å²) in [5.74, 6) is 0.253. The highest BCUT2D eigenvalue weighted by atomic mass is 127. The third-order valence-electron chi connectivity index (χ3n) is 1.58. The smallest absolute Gasteiger partial charge is 0.315 e. The summed E-state index contributed by atoms with van der Waals surface area (Å²) in [6, 6.07) is 1.92. The SMILES string of the molecule is Cc1noc(NC(=O)c2csc(I)c2)n1. The van der Waals surface area contributed by atoms with Gasteiger partial charge in [-0.2, -0.15) is 4.98 Å². The first-order valence-corrected chi connectivity index (χ1v) is 5.96. The van der Waals surface area contributed by atoms with Crippen LogP contribution in [-0.2, 0) is 0 Å². The minimum absolute atomic E-state index is 0.124. The lowest BCUT2D eigenvalue weighted by Gasteiger charge is -1.95. The number of amides is 1. The number of anilines is 1. The standard InChI is InChI=1S/C8H6IN3O2S/c1-4-10-8(14-12-4)11-7(13)5-2-6(9)15-3-5/h2-3H,1H3,(H,10,11,12,13). The van der Waals surface area contributed by atoms with Gasteiger partial charge < -0.3 is 4.52 Å². The van der Waals surface area contributed by atoms with Crippen LogP contribution in [0.1, 0.15) is 16.2 Å². The molecule has 0 spiro atoms. The van der Waals surface area contributed by atoms with Crippen LogP contribution in [0.15, 0.2) is 16.0 Å². The minimum atomic E-state index is -0.238. The van der Waals surface area contributed by atoms with Gasteiger partial charge in [0.15, 0.2) is 5.82 Å². The summed E-state index contributed by atoms with van der Waals surface area (Å²) in [6.07, 6.45) is 0. The molecule has 2 aromatic rings. The van der Waals surface area contributed by atoms with Crippen LogP contribution in [0.3, 0.4) is 0 Å². The molecule has 78 valence electrons. The highest BCUT2D eigenvalue weighted by Gasteiger charge is 2.11. The van der Waals surface area contributed by atoms with E-state index in [1.165, 1.54) is 11.3 Å². The number of nitrogens with zero attached hydrogens (tertiary/aromatic N) is 2. The van der Waals surface area contributed by atoms with Gasteiger partial charge in [0.1, 0.15) is 0 Å². The third-order valence-corrected chi connectivity index (χ3v) is 3.37. The van der Waals surface area contributed by atoms with E-state index in [4.69, 9.17) is 4.52 Å². The molecule has 15 heavy (non-hydrogen) atoms. The Hall–Kier alpha value is -0.960. The van der Waals surface area contributed by atoms with Crippen LogP contribution >= 0.6 is 33.9 Å². The fourth-order valence-corrected chi connectivity index (χ4v) is 2.27. The second kappa shape index (κ2) is 4.27. The van der Waals surface area contributed by atoms with Gasteiger partial charge >= 0.3 is 6.01 Å². The first-order valence-electron chi connectivity index (χ1n) is 4.01. The summed E-state index contributed by atoms with van der Waals surface area (Å²) in [5, 5.41) is 7.86. The predicted molar refractivity (Wildman–Crippen MR) is 64.0 cm³/mol. The van der Waals surface area contributed by atoms with Crippen molar-refractivity contribution >= 4 is 45.8 Å². The molecule has 0 bridgehead atoms. The normalized spacial score (nSPS) is 10.3. The highest BCUT2D eigenvalue weighted by molar-refractivity contribution is 14.1. The second-order valence-corrected chi connectivity index (χ2v) is 5.55. The quantitative estimate of drug-likeness (QED) is 0.855. The number of aromatic nitrogens is 2. The van der Waals surface area contributed by atoms with Gasteiger partial charge in [0.05, 0.1) is 8.45 Å². The molecule has 1 N–H and O–H groups in total. The molecule has 0 aliphatic rings. The van der Waals surface area contributed by atoms with Gasteiger partial charge in [0.2, 0.25) is 0 Å². The summed E-state index contributed by atoms with van der Waals surface area (Å²) < 4.78 is 5.83. The molecule has 0 fully saturated rings. The lowest BCUT2D eigenvalue weighted by molar-refractivity contribution is 0.102. The number of carbonyl (C=O) groups excluding carboxylic acids is 1. The first kappa shape index (κ1) is 10.6. The maximum Gasteiger partial charge on any atom is 0.328 e. The molecule has 0 radical (unpaired) electrons. The number of carbonyl (C=O) groups is 1. The van der Waals surface area contributed by atoms with Gasteiger partial charge in [0, 0.05) is 5.38 Å². The van der Waals surface area contributed by atoms with E-state index in [1.54, 1.807) is 18.4 Å². The van der Waals surface area contributed by atoms with Crippen molar-refractivity contribution in [1.29, 1.82) is 0 Å². The van der Waals surface area contributed by atoms with Crippen molar-refractivity contribution in [1.82, 2.24) is 10.1 Å². The summed E-state index contributed by atoms with van der Waals surface area (Å²) >= 11 is 3.66. The molecule has 0 saturated carbocycles. The van der Waals surface area contributed by atoms with Crippen molar-refractivity contribution in [3.8, 4) is 0 Å². The Morgan fingerprint density at radius 2 is 2.47 bits per heavy atom. The average Bonchev–Trinajstić information content (AvgIpc) is 2.75. The molecule has 7 heteroatoms. The summed E-state index contributed by atoms with van der Waals surface area (Å²) in [5.41, 5.74) is 0.597. The molecule has 0 saturated heterocycles. The Labute approximate surface area is 103 Å². The van der Waals surface area contributed by atoms with E-state index >= 15 is 0 Å². The number of aryl methyl sites for hydroxylation is 1. The number of rotatable bonds is 2. The topological polar surface area (TPSA) is 68.0 Å². The van der Waals surface area contributed by atoms with Crippen molar-refractivity contribution in [3.05, 3.63) is 25.7 Å². The number of hydrogen-bond acceptors (Lipinski definition) is 5. The third kappa shape index (κ3) is 2.53. The Bertz CT molecular complexity index is 494. The second-order valence-electron chi connectivity index (χ2n) is 2.74. The van der Waals surface area contributed by atoms with Crippen LogP contribution in [0, 0.1) is 9.81 Å². The van der Waals surface area contributed by atoms with Gasteiger partial charge in [-0.25, -0.2) is 0 Å². The van der Waals surface area contributed by atoms with Crippen molar-refractivity contribution < 1.29 is 9.32 Å². The molecule has 0 atom stereocenters. The number of thiophene rings is 1. The van der Waals surface area contributed by atoms with Crippen LogP contribution < -0.4 is 5.32 Å². The summed E-state index contributed by atoms with van der Waals surface area (Å²) in [4.78, 5) is 15.5.